The Morgan fingerprint density at radius 2 is 2.22 bits per heavy atom. The molecule has 1 saturated carbocycles. The number of hydrogen-bond donors (Lipinski definition) is 1. The number of carboxylic acid groups (broad SMARTS) is 1. The zero-order valence-corrected chi connectivity index (χ0v) is 11.6. The van der Waals surface area contributed by atoms with Gasteiger partial charge in [0.25, 0.3) is 0 Å². The summed E-state index contributed by atoms with van der Waals surface area (Å²) in [6, 6.07) is 2.51. The summed E-state index contributed by atoms with van der Waals surface area (Å²) in [4.78, 5) is 10.7. The molecule has 1 aliphatic carbocycles. The van der Waals surface area contributed by atoms with E-state index in [0.717, 1.165) is 17.1 Å². The highest BCUT2D eigenvalue weighted by atomic mass is 32.2. The van der Waals surface area contributed by atoms with E-state index < -0.39 is 5.97 Å². The van der Waals surface area contributed by atoms with Crippen molar-refractivity contribution in [1.82, 2.24) is 9.78 Å². The van der Waals surface area contributed by atoms with Crippen molar-refractivity contribution in [2.24, 2.45) is 0 Å². The first kappa shape index (κ1) is 13.5. The highest BCUT2D eigenvalue weighted by Gasteiger charge is 2.20. The first-order valence-electron chi connectivity index (χ1n) is 6.63. The van der Waals surface area contributed by atoms with Crippen LogP contribution in [0.5, 0.6) is 0 Å². The summed E-state index contributed by atoms with van der Waals surface area (Å²) in [6.07, 6.45) is 7.08. The first-order chi connectivity index (χ1) is 8.70. The van der Waals surface area contributed by atoms with E-state index in [4.69, 9.17) is 5.11 Å². The number of aromatic nitrogens is 2. The third-order valence-electron chi connectivity index (χ3n) is 3.38. The van der Waals surface area contributed by atoms with Gasteiger partial charge in [0.2, 0.25) is 0 Å². The fraction of sp³-hybridized carbons (Fsp3) is 0.692. The minimum absolute atomic E-state index is 0.113. The Hall–Kier alpha value is -0.970. The van der Waals surface area contributed by atoms with Crippen LogP contribution in [-0.4, -0.2) is 26.6 Å². The van der Waals surface area contributed by atoms with Gasteiger partial charge in [0.15, 0.2) is 0 Å². The normalized spacial score (nSPS) is 16.9. The SMILES string of the molecule is CCc1cc(SCC(=O)O)n(C2CCCCC2)n1. The van der Waals surface area contributed by atoms with E-state index in [1.165, 1.54) is 43.9 Å². The molecule has 1 aromatic rings. The smallest absolute Gasteiger partial charge is 0.313 e. The van der Waals surface area contributed by atoms with Gasteiger partial charge in [0.1, 0.15) is 0 Å². The molecule has 0 amide bonds. The quantitative estimate of drug-likeness (QED) is 0.834. The molecule has 0 spiro atoms. The number of nitrogens with zero attached hydrogens (tertiary/aromatic N) is 2. The van der Waals surface area contributed by atoms with Crippen molar-refractivity contribution in [1.29, 1.82) is 0 Å². The zero-order chi connectivity index (χ0) is 13.0. The Morgan fingerprint density at radius 1 is 1.50 bits per heavy atom. The molecule has 2 rings (SSSR count). The van der Waals surface area contributed by atoms with Gasteiger partial charge in [0, 0.05) is 0 Å². The maximum atomic E-state index is 10.7. The number of aliphatic carboxylic acids is 1. The predicted octanol–water partition coefficient (Wildman–Crippen LogP) is 3.13. The van der Waals surface area contributed by atoms with Gasteiger partial charge in [-0.05, 0) is 25.3 Å². The van der Waals surface area contributed by atoms with Crippen LogP contribution in [0.4, 0.5) is 0 Å². The fourth-order valence-corrected chi connectivity index (χ4v) is 3.24. The Kier molecular flexibility index (Phi) is 4.69. The maximum Gasteiger partial charge on any atom is 0.313 e. The Balaban J connectivity index is 2.14. The zero-order valence-electron chi connectivity index (χ0n) is 10.8. The molecule has 0 unspecified atom stereocenters. The molecule has 0 atom stereocenters. The Labute approximate surface area is 112 Å². The Bertz CT molecular complexity index is 411. The number of carbonyl (C=O) groups is 1. The molecule has 0 radical (unpaired) electrons. The second-order valence-corrected chi connectivity index (χ2v) is 5.74. The summed E-state index contributed by atoms with van der Waals surface area (Å²) in [7, 11) is 0. The third-order valence-corrected chi connectivity index (χ3v) is 4.37. The number of carboxylic acids is 1. The van der Waals surface area contributed by atoms with E-state index in [0.29, 0.717) is 6.04 Å². The van der Waals surface area contributed by atoms with Crippen molar-refractivity contribution >= 4 is 17.7 Å². The molecule has 4 nitrogen and oxygen atoms in total. The topological polar surface area (TPSA) is 55.1 Å². The summed E-state index contributed by atoms with van der Waals surface area (Å²) in [5.41, 5.74) is 1.06. The first-order valence-corrected chi connectivity index (χ1v) is 7.62. The second-order valence-electron chi connectivity index (χ2n) is 4.75. The second kappa shape index (κ2) is 6.27. The van der Waals surface area contributed by atoms with Crippen LogP contribution in [0.3, 0.4) is 0 Å². The van der Waals surface area contributed by atoms with Crippen molar-refractivity contribution in [3.8, 4) is 0 Å². The molecule has 1 aliphatic rings. The average Bonchev–Trinajstić information content (AvgIpc) is 2.80. The van der Waals surface area contributed by atoms with Crippen LogP contribution in [0.2, 0.25) is 0 Å². The molecule has 18 heavy (non-hydrogen) atoms. The van der Waals surface area contributed by atoms with Gasteiger partial charge in [-0.3, -0.25) is 9.48 Å². The van der Waals surface area contributed by atoms with Crippen molar-refractivity contribution in [2.75, 3.05) is 5.75 Å². The lowest BCUT2D eigenvalue weighted by Crippen LogP contribution is -2.15. The van der Waals surface area contributed by atoms with Crippen LogP contribution in [0.1, 0.15) is 50.8 Å². The van der Waals surface area contributed by atoms with E-state index in [1.807, 2.05) is 6.07 Å². The number of hydrogen-bond acceptors (Lipinski definition) is 3. The summed E-state index contributed by atoms with van der Waals surface area (Å²) >= 11 is 1.39. The van der Waals surface area contributed by atoms with Crippen LogP contribution in [-0.2, 0) is 11.2 Å². The minimum atomic E-state index is -0.769. The van der Waals surface area contributed by atoms with Crippen molar-refractivity contribution in [3.63, 3.8) is 0 Å². The van der Waals surface area contributed by atoms with Crippen molar-refractivity contribution < 1.29 is 9.90 Å². The number of aryl methyl sites for hydroxylation is 1. The molecule has 0 bridgehead atoms. The third kappa shape index (κ3) is 3.28. The maximum absolute atomic E-state index is 10.7. The monoisotopic (exact) mass is 268 g/mol. The van der Waals surface area contributed by atoms with Crippen LogP contribution in [0.25, 0.3) is 0 Å². The van der Waals surface area contributed by atoms with Gasteiger partial charge < -0.3 is 5.11 Å². The molecule has 1 aromatic heterocycles. The van der Waals surface area contributed by atoms with Gasteiger partial charge >= 0.3 is 5.97 Å². The summed E-state index contributed by atoms with van der Waals surface area (Å²) < 4.78 is 2.08. The lowest BCUT2D eigenvalue weighted by atomic mass is 9.96. The van der Waals surface area contributed by atoms with E-state index in [1.54, 1.807) is 0 Å². The van der Waals surface area contributed by atoms with Crippen molar-refractivity contribution in [3.05, 3.63) is 11.8 Å². The highest BCUT2D eigenvalue weighted by molar-refractivity contribution is 7.99. The lowest BCUT2D eigenvalue weighted by Gasteiger charge is -2.23. The predicted molar refractivity (Wildman–Crippen MR) is 72.1 cm³/mol. The molecule has 1 N–H and O–H groups in total. The summed E-state index contributed by atoms with van der Waals surface area (Å²) in [6.45, 7) is 2.08. The summed E-state index contributed by atoms with van der Waals surface area (Å²) in [5, 5.41) is 14.4. The van der Waals surface area contributed by atoms with E-state index >= 15 is 0 Å². The van der Waals surface area contributed by atoms with Crippen LogP contribution in [0, 0.1) is 0 Å². The molecule has 5 heteroatoms. The van der Waals surface area contributed by atoms with Crippen LogP contribution in [0.15, 0.2) is 11.1 Å². The van der Waals surface area contributed by atoms with Gasteiger partial charge in [-0.2, -0.15) is 5.10 Å². The lowest BCUT2D eigenvalue weighted by molar-refractivity contribution is -0.133. The van der Waals surface area contributed by atoms with Crippen LogP contribution < -0.4 is 0 Å². The molecule has 100 valence electrons. The van der Waals surface area contributed by atoms with Crippen molar-refractivity contribution in [2.45, 2.75) is 56.5 Å². The fourth-order valence-electron chi connectivity index (χ4n) is 2.43. The molecule has 0 aromatic carbocycles. The molecule has 1 heterocycles. The van der Waals surface area contributed by atoms with Gasteiger partial charge in [0.05, 0.1) is 22.5 Å². The standard InChI is InChI=1S/C13H20N2O2S/c1-2-10-8-12(18-9-13(16)17)15(14-10)11-6-4-3-5-7-11/h8,11H,2-7,9H2,1H3,(H,16,17). The van der Waals surface area contributed by atoms with Gasteiger partial charge in [-0.15, -0.1) is 0 Å². The number of rotatable bonds is 5. The Morgan fingerprint density at radius 3 is 2.83 bits per heavy atom. The van der Waals surface area contributed by atoms with E-state index in [2.05, 4.69) is 16.7 Å². The average molecular weight is 268 g/mol. The minimum Gasteiger partial charge on any atom is -0.481 e. The molecule has 1 fully saturated rings. The largest absolute Gasteiger partial charge is 0.481 e. The molecule has 0 saturated heterocycles. The number of thioether (sulfide) groups is 1. The van der Waals surface area contributed by atoms with E-state index in [-0.39, 0.29) is 5.75 Å². The molecule has 0 aliphatic heterocycles. The van der Waals surface area contributed by atoms with Gasteiger partial charge in [-0.25, -0.2) is 0 Å². The molecular weight excluding hydrogens is 248 g/mol. The summed E-state index contributed by atoms with van der Waals surface area (Å²) in [5.74, 6) is -0.656. The van der Waals surface area contributed by atoms with E-state index in [9.17, 15) is 4.79 Å². The molecular formula is C13H20N2O2S. The van der Waals surface area contributed by atoms with Crippen LogP contribution >= 0.6 is 11.8 Å². The highest BCUT2D eigenvalue weighted by Crippen LogP contribution is 2.32. The van der Waals surface area contributed by atoms with Gasteiger partial charge in [-0.1, -0.05) is 37.9 Å².